The molecule has 104 valence electrons. The van der Waals surface area contributed by atoms with Crippen LogP contribution in [0.3, 0.4) is 0 Å². The van der Waals surface area contributed by atoms with E-state index in [2.05, 4.69) is 68.3 Å². The Morgan fingerprint density at radius 1 is 1.25 bits per heavy atom. The average Bonchev–Trinajstić information content (AvgIpc) is 2.42. The Balaban J connectivity index is 1.82. The number of rotatable bonds is 4. The molecule has 1 aliphatic carbocycles. The fourth-order valence-electron chi connectivity index (χ4n) is 2.75. The molecule has 1 nitrogen and oxygen atoms in total. The van der Waals surface area contributed by atoms with Crippen LogP contribution in [0.5, 0.6) is 5.75 Å². The van der Waals surface area contributed by atoms with E-state index in [1.165, 1.54) is 16.7 Å². The van der Waals surface area contributed by atoms with Gasteiger partial charge in [-0.1, -0.05) is 46.3 Å². The largest absolute Gasteiger partial charge is 0.493 e. The summed E-state index contributed by atoms with van der Waals surface area (Å²) >= 11 is 7.46. The lowest BCUT2D eigenvalue weighted by Crippen LogP contribution is -2.20. The lowest BCUT2D eigenvalue weighted by molar-refractivity contribution is 0.338. The molecule has 0 radical (unpaired) electrons. The van der Waals surface area contributed by atoms with Crippen LogP contribution >= 0.6 is 31.9 Å². The molecule has 0 spiro atoms. The van der Waals surface area contributed by atoms with E-state index in [0.29, 0.717) is 17.4 Å². The van der Waals surface area contributed by atoms with Crippen molar-refractivity contribution in [1.29, 1.82) is 0 Å². The summed E-state index contributed by atoms with van der Waals surface area (Å²) in [5.41, 5.74) is 4.24. The van der Waals surface area contributed by atoms with E-state index >= 15 is 0 Å². The van der Waals surface area contributed by atoms with Gasteiger partial charge in [-0.2, -0.15) is 0 Å². The van der Waals surface area contributed by atoms with Gasteiger partial charge in [-0.05, 0) is 58.1 Å². The summed E-state index contributed by atoms with van der Waals surface area (Å²) in [7, 11) is 0. The van der Waals surface area contributed by atoms with Crippen molar-refractivity contribution in [2.75, 3.05) is 6.61 Å². The summed E-state index contributed by atoms with van der Waals surface area (Å²) in [6.07, 6.45) is 1.15. The number of hydrogen-bond donors (Lipinski definition) is 0. The molecule has 0 amide bonds. The molecule has 20 heavy (non-hydrogen) atoms. The Labute approximate surface area is 136 Å². The van der Waals surface area contributed by atoms with E-state index in [1.807, 2.05) is 13.0 Å². The number of benzene rings is 2. The predicted octanol–water partition coefficient (Wildman–Crippen LogP) is 5.62. The molecule has 0 bridgehead atoms. The first-order valence-electron chi connectivity index (χ1n) is 6.84. The van der Waals surface area contributed by atoms with E-state index < -0.39 is 0 Å². The zero-order valence-corrected chi connectivity index (χ0v) is 14.4. The second-order valence-corrected chi connectivity index (χ2v) is 6.87. The first-order valence-corrected chi connectivity index (χ1v) is 8.55. The van der Waals surface area contributed by atoms with Crippen LogP contribution in [0.15, 0.2) is 46.9 Å². The molecule has 0 heterocycles. The van der Waals surface area contributed by atoms with Crippen molar-refractivity contribution in [3.8, 4) is 5.75 Å². The van der Waals surface area contributed by atoms with Gasteiger partial charge < -0.3 is 4.74 Å². The lowest BCUT2D eigenvalue weighted by atomic mass is 9.74. The minimum atomic E-state index is 0.351. The first-order chi connectivity index (χ1) is 9.70. The van der Waals surface area contributed by atoms with E-state index in [0.717, 1.165) is 16.6 Å². The molecule has 1 aliphatic rings. The summed E-state index contributed by atoms with van der Waals surface area (Å²) in [5, 5.41) is 0. The van der Waals surface area contributed by atoms with Crippen LogP contribution in [0.2, 0.25) is 0 Å². The smallest absolute Gasteiger partial charge is 0.133 e. The molecule has 2 aromatic carbocycles. The molecule has 3 rings (SSSR count). The summed E-state index contributed by atoms with van der Waals surface area (Å²) < 4.78 is 6.59. The Morgan fingerprint density at radius 2 is 2.05 bits per heavy atom. The number of halogens is 2. The number of alkyl halides is 1. The highest BCUT2D eigenvalue weighted by atomic mass is 79.9. The van der Waals surface area contributed by atoms with Crippen LogP contribution in [0.4, 0.5) is 0 Å². The molecule has 2 unspecified atom stereocenters. The lowest BCUT2D eigenvalue weighted by Gasteiger charge is -2.34. The van der Waals surface area contributed by atoms with Gasteiger partial charge in [0.25, 0.3) is 0 Å². The third-order valence-corrected chi connectivity index (χ3v) is 5.61. The molecular formula is C17H16Br2O. The van der Waals surface area contributed by atoms with Gasteiger partial charge in [-0.3, -0.25) is 0 Å². The molecule has 0 N–H and O–H groups in total. The Bertz CT molecular complexity index is 624. The molecule has 0 saturated heterocycles. The first kappa shape index (κ1) is 14.2. The van der Waals surface area contributed by atoms with Crippen LogP contribution in [0.1, 0.15) is 34.4 Å². The van der Waals surface area contributed by atoms with Gasteiger partial charge in [0.2, 0.25) is 0 Å². The Morgan fingerprint density at radius 3 is 2.75 bits per heavy atom. The highest BCUT2D eigenvalue weighted by Gasteiger charge is 2.32. The van der Waals surface area contributed by atoms with Crippen LogP contribution < -0.4 is 4.74 Å². The maximum Gasteiger partial charge on any atom is 0.133 e. The van der Waals surface area contributed by atoms with Crippen molar-refractivity contribution in [2.45, 2.75) is 24.1 Å². The SMILES string of the molecule is CCOc1ccc(C(Br)C2Cc3ccccc32)cc1Br. The minimum absolute atomic E-state index is 0.351. The van der Waals surface area contributed by atoms with Crippen LogP contribution in [0.25, 0.3) is 0 Å². The topological polar surface area (TPSA) is 9.23 Å². The van der Waals surface area contributed by atoms with Crippen LogP contribution in [-0.2, 0) is 6.42 Å². The number of hydrogen-bond acceptors (Lipinski definition) is 1. The fourth-order valence-corrected chi connectivity index (χ4v) is 4.02. The van der Waals surface area contributed by atoms with E-state index in [1.54, 1.807) is 0 Å². The predicted molar refractivity (Wildman–Crippen MR) is 89.9 cm³/mol. The van der Waals surface area contributed by atoms with Crippen LogP contribution in [0, 0.1) is 0 Å². The van der Waals surface area contributed by atoms with Gasteiger partial charge in [-0.15, -0.1) is 0 Å². The van der Waals surface area contributed by atoms with Crippen molar-refractivity contribution >= 4 is 31.9 Å². The van der Waals surface area contributed by atoms with Gasteiger partial charge in [0.15, 0.2) is 0 Å². The van der Waals surface area contributed by atoms with E-state index in [4.69, 9.17) is 4.74 Å². The van der Waals surface area contributed by atoms with Gasteiger partial charge in [-0.25, -0.2) is 0 Å². The maximum atomic E-state index is 5.57. The fraction of sp³-hybridized carbons (Fsp3) is 0.294. The summed E-state index contributed by atoms with van der Waals surface area (Å²) in [6.45, 7) is 2.69. The molecule has 0 saturated carbocycles. The second kappa shape index (κ2) is 5.90. The van der Waals surface area contributed by atoms with Crippen molar-refractivity contribution < 1.29 is 4.74 Å². The van der Waals surface area contributed by atoms with Gasteiger partial charge >= 0.3 is 0 Å². The molecule has 0 aromatic heterocycles. The van der Waals surface area contributed by atoms with Gasteiger partial charge in [0.05, 0.1) is 11.1 Å². The summed E-state index contributed by atoms with van der Waals surface area (Å²) in [4.78, 5) is 0.351. The van der Waals surface area contributed by atoms with Crippen molar-refractivity contribution in [3.63, 3.8) is 0 Å². The average molecular weight is 396 g/mol. The van der Waals surface area contributed by atoms with Gasteiger partial charge in [0, 0.05) is 10.7 Å². The third kappa shape index (κ3) is 2.53. The Hall–Kier alpha value is -0.800. The van der Waals surface area contributed by atoms with Crippen molar-refractivity contribution in [2.24, 2.45) is 0 Å². The minimum Gasteiger partial charge on any atom is -0.493 e. The van der Waals surface area contributed by atoms with Crippen molar-refractivity contribution in [3.05, 3.63) is 63.6 Å². The van der Waals surface area contributed by atoms with Gasteiger partial charge in [0.1, 0.15) is 5.75 Å². The second-order valence-electron chi connectivity index (χ2n) is 5.03. The molecule has 0 aliphatic heterocycles. The van der Waals surface area contributed by atoms with E-state index in [9.17, 15) is 0 Å². The molecule has 2 atom stereocenters. The number of ether oxygens (including phenoxy) is 1. The van der Waals surface area contributed by atoms with Crippen LogP contribution in [-0.4, -0.2) is 6.61 Å². The molecular weight excluding hydrogens is 380 g/mol. The molecule has 2 aromatic rings. The summed E-state index contributed by atoms with van der Waals surface area (Å²) in [6, 6.07) is 15.1. The van der Waals surface area contributed by atoms with Crippen molar-refractivity contribution in [1.82, 2.24) is 0 Å². The molecule has 3 heteroatoms. The normalized spacial score (nSPS) is 18.1. The number of fused-ring (bicyclic) bond motifs is 1. The third-order valence-electron chi connectivity index (χ3n) is 3.82. The summed E-state index contributed by atoms with van der Waals surface area (Å²) in [5.74, 6) is 1.47. The molecule has 0 fully saturated rings. The highest BCUT2D eigenvalue weighted by Crippen LogP contribution is 2.48. The zero-order valence-electron chi connectivity index (χ0n) is 11.3. The van der Waals surface area contributed by atoms with E-state index in [-0.39, 0.29) is 0 Å². The maximum absolute atomic E-state index is 5.57. The highest BCUT2D eigenvalue weighted by molar-refractivity contribution is 9.10. The Kier molecular flexibility index (Phi) is 4.18. The standard InChI is InChI=1S/C17H16Br2O/c1-2-20-16-8-7-12(10-15(16)18)17(19)14-9-11-5-3-4-6-13(11)14/h3-8,10,14,17H,2,9H2,1H3. The zero-order chi connectivity index (χ0) is 14.1. The quantitative estimate of drug-likeness (QED) is 0.610. The monoisotopic (exact) mass is 394 g/mol.